The summed E-state index contributed by atoms with van der Waals surface area (Å²) in [6, 6.07) is 19.0. The molecule has 5 rings (SSSR count). The van der Waals surface area contributed by atoms with Crippen molar-refractivity contribution in [1.82, 2.24) is 24.7 Å². The zero-order valence-corrected chi connectivity index (χ0v) is 17.6. The first-order chi connectivity index (χ1) is 14.2. The quantitative estimate of drug-likeness (QED) is 0.420. The number of hydrogen-bond donors (Lipinski definition) is 1. The molecule has 1 aromatic heterocycles. The maximum absolute atomic E-state index is 4.74. The van der Waals surface area contributed by atoms with Crippen molar-refractivity contribution in [3.8, 4) is 33.9 Å². The van der Waals surface area contributed by atoms with Gasteiger partial charge in [0.2, 0.25) is 0 Å². The van der Waals surface area contributed by atoms with Crippen molar-refractivity contribution in [2.45, 2.75) is 20.4 Å². The fourth-order valence-corrected chi connectivity index (χ4v) is 3.48. The molecule has 5 nitrogen and oxygen atoms in total. The first-order valence-corrected chi connectivity index (χ1v) is 9.65. The van der Waals surface area contributed by atoms with Gasteiger partial charge >= 0.3 is 0 Å². The number of imidazole rings is 1. The Morgan fingerprint density at radius 3 is 2.27 bits per heavy atom. The Kier molecular flexibility index (Phi) is 5.38. The molecule has 0 aliphatic carbocycles. The van der Waals surface area contributed by atoms with Crippen LogP contribution >= 0.6 is 12.4 Å². The zero-order valence-electron chi connectivity index (χ0n) is 16.8. The molecule has 6 heteroatoms. The number of rotatable bonds is 4. The molecule has 3 heterocycles. The predicted octanol–water partition coefficient (Wildman–Crippen LogP) is 5.53. The average Bonchev–Trinajstić information content (AvgIpc) is 3.40. The number of pyridine rings is 1. The van der Waals surface area contributed by atoms with Crippen LogP contribution in [-0.4, -0.2) is 24.7 Å². The molecule has 0 amide bonds. The summed E-state index contributed by atoms with van der Waals surface area (Å²) in [5.41, 5.74) is 8.91. The standard InChI is InChI=1S/C24H21N5.ClH/c1-16-3-4-20(13-17(16)2)18-5-7-19(8-6-18)24-26-22-10-12-29(15-23(22)27-24)14-21-9-11-25-28-21;/h3-13,15H,14H2,1-2H3,(H,25,28);1H. The lowest BCUT2D eigenvalue weighted by molar-refractivity contribution is 0.761. The number of H-pyrrole nitrogens is 1. The van der Waals surface area contributed by atoms with Gasteiger partial charge in [-0.1, -0.05) is 42.5 Å². The topological polar surface area (TPSA) is 59.4 Å². The minimum atomic E-state index is 0. The molecule has 0 saturated heterocycles. The number of hydrogen-bond acceptors (Lipinski definition) is 3. The van der Waals surface area contributed by atoms with E-state index in [4.69, 9.17) is 9.97 Å². The van der Waals surface area contributed by atoms with Gasteiger partial charge in [0, 0.05) is 24.2 Å². The molecule has 2 aromatic carbocycles. The SMILES string of the molecule is Cc1ccc(-c2ccc(-c3nc4ccn(Cc5ccn[nH]5)cc-4n3)cc2)cc1C.Cl. The molecular weight excluding hydrogens is 394 g/mol. The number of benzene rings is 2. The Bertz CT molecular complexity index is 1240. The van der Waals surface area contributed by atoms with Crippen LogP contribution in [0.2, 0.25) is 0 Å². The maximum atomic E-state index is 4.74. The smallest absolute Gasteiger partial charge is 0.160 e. The molecule has 2 aliphatic heterocycles. The normalized spacial score (nSPS) is 10.9. The van der Waals surface area contributed by atoms with Gasteiger partial charge in [-0.3, -0.25) is 5.10 Å². The molecule has 0 bridgehead atoms. The van der Waals surface area contributed by atoms with Crippen LogP contribution in [0.25, 0.3) is 33.9 Å². The Morgan fingerprint density at radius 1 is 0.800 bits per heavy atom. The van der Waals surface area contributed by atoms with Gasteiger partial charge in [0.05, 0.1) is 17.9 Å². The number of fused-ring (bicyclic) bond motifs is 1. The highest BCUT2D eigenvalue weighted by Gasteiger charge is 2.13. The van der Waals surface area contributed by atoms with E-state index < -0.39 is 0 Å². The lowest BCUT2D eigenvalue weighted by Gasteiger charge is -2.06. The Hall–Kier alpha value is -3.44. The second-order valence-electron chi connectivity index (χ2n) is 7.39. The van der Waals surface area contributed by atoms with E-state index in [1.807, 2.05) is 24.5 Å². The van der Waals surface area contributed by atoms with Crippen LogP contribution in [0.15, 0.2) is 73.2 Å². The highest BCUT2D eigenvalue weighted by molar-refractivity contribution is 5.85. The highest BCUT2D eigenvalue weighted by Crippen LogP contribution is 2.28. The van der Waals surface area contributed by atoms with E-state index in [0.717, 1.165) is 35.0 Å². The molecule has 150 valence electrons. The van der Waals surface area contributed by atoms with Crippen LogP contribution in [-0.2, 0) is 6.54 Å². The number of nitrogens with one attached hydrogen (secondary N) is 1. The van der Waals surface area contributed by atoms with E-state index in [1.54, 1.807) is 6.20 Å². The number of halogens is 1. The first kappa shape index (κ1) is 19.9. The van der Waals surface area contributed by atoms with Crippen molar-refractivity contribution >= 4 is 12.4 Å². The Labute approximate surface area is 181 Å². The third-order valence-electron chi connectivity index (χ3n) is 5.32. The van der Waals surface area contributed by atoms with E-state index in [2.05, 4.69) is 71.1 Å². The van der Waals surface area contributed by atoms with Gasteiger partial charge in [0.15, 0.2) is 5.82 Å². The van der Waals surface area contributed by atoms with Gasteiger partial charge in [-0.25, -0.2) is 9.97 Å². The largest absolute Gasteiger partial charge is 0.346 e. The van der Waals surface area contributed by atoms with Crippen LogP contribution in [0.3, 0.4) is 0 Å². The summed E-state index contributed by atoms with van der Waals surface area (Å²) in [5.74, 6) is 0.755. The molecular formula is C24H22ClN5. The van der Waals surface area contributed by atoms with Crippen LogP contribution in [0.5, 0.6) is 0 Å². The fraction of sp³-hybridized carbons (Fsp3) is 0.125. The summed E-state index contributed by atoms with van der Waals surface area (Å²) in [5, 5.41) is 6.98. The summed E-state index contributed by atoms with van der Waals surface area (Å²) < 4.78 is 2.08. The molecule has 30 heavy (non-hydrogen) atoms. The molecule has 0 radical (unpaired) electrons. The third kappa shape index (κ3) is 3.84. The van der Waals surface area contributed by atoms with Crippen LogP contribution < -0.4 is 0 Å². The zero-order chi connectivity index (χ0) is 19.8. The van der Waals surface area contributed by atoms with Gasteiger partial charge in [-0.05, 0) is 48.2 Å². The predicted molar refractivity (Wildman–Crippen MR) is 122 cm³/mol. The van der Waals surface area contributed by atoms with Gasteiger partial charge in [0.25, 0.3) is 0 Å². The van der Waals surface area contributed by atoms with Gasteiger partial charge in [0.1, 0.15) is 5.69 Å². The molecule has 1 N–H and O–H groups in total. The van der Waals surface area contributed by atoms with Crippen molar-refractivity contribution in [1.29, 1.82) is 0 Å². The van der Waals surface area contributed by atoms with E-state index in [9.17, 15) is 0 Å². The monoisotopic (exact) mass is 415 g/mol. The average molecular weight is 416 g/mol. The first-order valence-electron chi connectivity index (χ1n) is 9.65. The molecule has 0 saturated carbocycles. The van der Waals surface area contributed by atoms with Gasteiger partial charge in [-0.15, -0.1) is 12.4 Å². The maximum Gasteiger partial charge on any atom is 0.160 e. The number of aryl methyl sites for hydroxylation is 2. The third-order valence-corrected chi connectivity index (χ3v) is 5.32. The van der Waals surface area contributed by atoms with Crippen molar-refractivity contribution < 1.29 is 0 Å². The summed E-state index contributed by atoms with van der Waals surface area (Å²) in [4.78, 5) is 9.45. The molecule has 0 spiro atoms. The van der Waals surface area contributed by atoms with Crippen molar-refractivity contribution in [2.24, 2.45) is 0 Å². The van der Waals surface area contributed by atoms with Crippen molar-refractivity contribution in [3.63, 3.8) is 0 Å². The molecule has 2 aliphatic rings. The summed E-state index contributed by atoms with van der Waals surface area (Å²) in [7, 11) is 0. The summed E-state index contributed by atoms with van der Waals surface area (Å²) >= 11 is 0. The minimum absolute atomic E-state index is 0. The van der Waals surface area contributed by atoms with E-state index in [-0.39, 0.29) is 12.4 Å². The van der Waals surface area contributed by atoms with E-state index in [1.165, 1.54) is 22.3 Å². The second-order valence-corrected chi connectivity index (χ2v) is 7.39. The molecule has 0 fully saturated rings. The lowest BCUT2D eigenvalue weighted by atomic mass is 9.99. The Morgan fingerprint density at radius 2 is 1.53 bits per heavy atom. The van der Waals surface area contributed by atoms with Crippen LogP contribution in [0.1, 0.15) is 16.8 Å². The lowest BCUT2D eigenvalue weighted by Crippen LogP contribution is -2.01. The van der Waals surface area contributed by atoms with E-state index >= 15 is 0 Å². The van der Waals surface area contributed by atoms with Crippen molar-refractivity contribution in [2.75, 3.05) is 0 Å². The number of aromatic nitrogens is 5. The van der Waals surface area contributed by atoms with Crippen LogP contribution in [0.4, 0.5) is 0 Å². The fourth-order valence-electron chi connectivity index (χ4n) is 3.48. The number of aromatic amines is 1. The van der Waals surface area contributed by atoms with Crippen molar-refractivity contribution in [3.05, 3.63) is 90.0 Å². The van der Waals surface area contributed by atoms with Gasteiger partial charge in [-0.2, -0.15) is 5.10 Å². The molecule has 0 unspecified atom stereocenters. The van der Waals surface area contributed by atoms with Crippen LogP contribution in [0, 0.1) is 13.8 Å². The Balaban J connectivity index is 0.00000218. The molecule has 3 aromatic rings. The second kappa shape index (κ2) is 8.13. The van der Waals surface area contributed by atoms with Gasteiger partial charge < -0.3 is 4.57 Å². The number of nitrogens with zero attached hydrogens (tertiary/aromatic N) is 4. The molecule has 0 atom stereocenters. The minimum Gasteiger partial charge on any atom is -0.346 e. The summed E-state index contributed by atoms with van der Waals surface area (Å²) in [6.45, 7) is 5.01. The highest BCUT2D eigenvalue weighted by atomic mass is 35.5. The van der Waals surface area contributed by atoms with E-state index in [0.29, 0.717) is 0 Å². The summed E-state index contributed by atoms with van der Waals surface area (Å²) in [6.07, 6.45) is 5.80.